The predicted molar refractivity (Wildman–Crippen MR) is 84.5 cm³/mol. The molecule has 1 saturated heterocycles. The highest BCUT2D eigenvalue weighted by atomic mass is 16.5. The lowest BCUT2D eigenvalue weighted by atomic mass is 10.2. The number of nitrogens with one attached hydrogen (secondary N) is 1. The van der Waals surface area contributed by atoms with Crippen LogP contribution in [0.15, 0.2) is 18.2 Å². The molecular formula is C16H22N4O2. The molecule has 6 heteroatoms. The number of benzene rings is 1. The molecule has 2 heterocycles. The van der Waals surface area contributed by atoms with Gasteiger partial charge >= 0.3 is 0 Å². The van der Waals surface area contributed by atoms with Gasteiger partial charge in [0.25, 0.3) is 5.91 Å². The summed E-state index contributed by atoms with van der Waals surface area (Å²) in [5, 5.41) is 2.94. The Bertz CT molecular complexity index is 695. The Labute approximate surface area is 130 Å². The number of para-hydroxylation sites is 1. The summed E-state index contributed by atoms with van der Waals surface area (Å²) in [5.41, 5.74) is 3.25. The molecular weight excluding hydrogens is 280 g/mol. The number of carbonyl (C=O) groups excluding carboxylic acids is 1. The van der Waals surface area contributed by atoms with E-state index in [1.807, 2.05) is 30.8 Å². The maximum Gasteiger partial charge on any atom is 0.250 e. The van der Waals surface area contributed by atoms with E-state index in [-0.39, 0.29) is 5.91 Å². The molecule has 2 aromatic rings. The quantitative estimate of drug-likeness (QED) is 0.912. The molecule has 6 nitrogen and oxygen atoms in total. The van der Waals surface area contributed by atoms with E-state index in [0.29, 0.717) is 19.7 Å². The van der Waals surface area contributed by atoms with Crippen LogP contribution in [0.3, 0.4) is 0 Å². The van der Waals surface area contributed by atoms with Gasteiger partial charge in [-0.3, -0.25) is 4.79 Å². The van der Waals surface area contributed by atoms with Crippen LogP contribution in [0.4, 0.5) is 0 Å². The number of hydrogen-bond donors (Lipinski definition) is 1. The van der Waals surface area contributed by atoms with Crippen LogP contribution < -0.4 is 5.32 Å². The van der Waals surface area contributed by atoms with Gasteiger partial charge in [-0.1, -0.05) is 12.1 Å². The van der Waals surface area contributed by atoms with Crippen LogP contribution in [-0.2, 0) is 23.1 Å². The number of imidazole rings is 1. The molecule has 1 amide bonds. The van der Waals surface area contributed by atoms with E-state index < -0.39 is 6.10 Å². The van der Waals surface area contributed by atoms with E-state index in [2.05, 4.69) is 28.2 Å². The number of aryl methyl sites for hydroxylation is 2. The molecule has 0 unspecified atom stereocenters. The van der Waals surface area contributed by atoms with E-state index in [1.165, 1.54) is 5.56 Å². The largest absolute Gasteiger partial charge is 0.366 e. The van der Waals surface area contributed by atoms with Gasteiger partial charge in [0.1, 0.15) is 11.9 Å². The predicted octanol–water partition coefficient (Wildman–Crippen LogP) is 0.829. The number of aromatic nitrogens is 2. The first kappa shape index (κ1) is 15.0. The number of morpholine rings is 1. The summed E-state index contributed by atoms with van der Waals surface area (Å²) in [4.78, 5) is 18.9. The molecule has 0 spiro atoms. The topological polar surface area (TPSA) is 59.4 Å². The van der Waals surface area contributed by atoms with Gasteiger partial charge in [-0.15, -0.1) is 0 Å². The summed E-state index contributed by atoms with van der Waals surface area (Å²) in [5.74, 6) is 0.775. The van der Waals surface area contributed by atoms with Gasteiger partial charge in [-0.25, -0.2) is 4.98 Å². The molecule has 3 rings (SSSR count). The molecule has 0 saturated carbocycles. The first-order chi connectivity index (χ1) is 10.6. The lowest BCUT2D eigenvalue weighted by Gasteiger charge is -2.29. The van der Waals surface area contributed by atoms with Crippen molar-refractivity contribution < 1.29 is 9.53 Å². The zero-order chi connectivity index (χ0) is 15.7. The molecule has 0 bridgehead atoms. The summed E-state index contributed by atoms with van der Waals surface area (Å²) in [6.07, 6.45) is -0.393. The number of amides is 1. The highest BCUT2D eigenvalue weighted by molar-refractivity contribution is 5.82. The van der Waals surface area contributed by atoms with E-state index in [4.69, 9.17) is 4.74 Å². The minimum absolute atomic E-state index is 0.0738. The van der Waals surface area contributed by atoms with E-state index >= 15 is 0 Å². The van der Waals surface area contributed by atoms with Gasteiger partial charge in [0.15, 0.2) is 0 Å². The Morgan fingerprint density at radius 3 is 3.00 bits per heavy atom. The number of hydrogen-bond acceptors (Lipinski definition) is 4. The standard InChI is InChI=1S/C16H22N4O2/c1-11-5-4-6-12-15(11)20(3)14(18-12)9-17-16(21)13-10-19(2)7-8-22-13/h4-6,13H,7-10H2,1-3H3,(H,17,21)/t13-/m1/s1. The Morgan fingerprint density at radius 1 is 1.45 bits per heavy atom. The second kappa shape index (κ2) is 6.06. The number of rotatable bonds is 3. The van der Waals surface area contributed by atoms with Gasteiger partial charge in [-0.2, -0.15) is 0 Å². The van der Waals surface area contributed by atoms with Crippen molar-refractivity contribution in [2.45, 2.75) is 19.6 Å². The normalized spacial score (nSPS) is 19.5. The molecule has 118 valence electrons. The molecule has 1 aromatic heterocycles. The fourth-order valence-electron chi connectivity index (χ4n) is 2.89. The first-order valence-electron chi connectivity index (χ1n) is 7.55. The summed E-state index contributed by atoms with van der Waals surface area (Å²) in [6.45, 7) is 4.58. The summed E-state index contributed by atoms with van der Waals surface area (Å²) >= 11 is 0. The third kappa shape index (κ3) is 2.84. The first-order valence-corrected chi connectivity index (χ1v) is 7.55. The molecule has 1 aliphatic heterocycles. The summed E-state index contributed by atoms with van der Waals surface area (Å²) < 4.78 is 7.57. The fourth-order valence-corrected chi connectivity index (χ4v) is 2.89. The van der Waals surface area contributed by atoms with Crippen molar-refractivity contribution in [1.29, 1.82) is 0 Å². The zero-order valence-electron chi connectivity index (χ0n) is 13.3. The molecule has 1 N–H and O–H groups in total. The number of likely N-dealkylation sites (N-methyl/N-ethyl adjacent to an activating group) is 1. The van der Waals surface area contributed by atoms with Crippen LogP contribution >= 0.6 is 0 Å². The van der Waals surface area contributed by atoms with Crippen LogP contribution in [0, 0.1) is 6.92 Å². The number of carbonyl (C=O) groups is 1. The molecule has 1 aliphatic rings. The van der Waals surface area contributed by atoms with Crippen LogP contribution in [0.2, 0.25) is 0 Å². The van der Waals surface area contributed by atoms with Crippen LogP contribution in [0.1, 0.15) is 11.4 Å². The van der Waals surface area contributed by atoms with Crippen molar-refractivity contribution in [2.24, 2.45) is 7.05 Å². The molecule has 1 aromatic carbocycles. The maximum atomic E-state index is 12.2. The van der Waals surface area contributed by atoms with E-state index in [1.54, 1.807) is 0 Å². The average molecular weight is 302 g/mol. The molecule has 22 heavy (non-hydrogen) atoms. The van der Waals surface area contributed by atoms with Crippen molar-refractivity contribution in [3.63, 3.8) is 0 Å². The highest BCUT2D eigenvalue weighted by Crippen LogP contribution is 2.18. The second-order valence-electron chi connectivity index (χ2n) is 5.87. The van der Waals surface area contributed by atoms with E-state index in [9.17, 15) is 4.79 Å². The van der Waals surface area contributed by atoms with Crippen LogP contribution in [-0.4, -0.2) is 53.2 Å². The van der Waals surface area contributed by atoms with Gasteiger partial charge in [0.05, 0.1) is 24.2 Å². The molecule has 1 fully saturated rings. The van der Waals surface area contributed by atoms with Crippen LogP contribution in [0.5, 0.6) is 0 Å². The lowest BCUT2D eigenvalue weighted by Crippen LogP contribution is -2.48. The fraction of sp³-hybridized carbons (Fsp3) is 0.500. The minimum Gasteiger partial charge on any atom is -0.366 e. The third-order valence-electron chi connectivity index (χ3n) is 4.17. The van der Waals surface area contributed by atoms with Crippen molar-refractivity contribution >= 4 is 16.9 Å². The van der Waals surface area contributed by atoms with E-state index in [0.717, 1.165) is 23.4 Å². The number of fused-ring (bicyclic) bond motifs is 1. The maximum absolute atomic E-state index is 12.2. The summed E-state index contributed by atoms with van der Waals surface area (Å²) in [6, 6.07) is 6.06. The summed E-state index contributed by atoms with van der Waals surface area (Å²) in [7, 11) is 3.98. The van der Waals surface area contributed by atoms with Crippen molar-refractivity contribution in [2.75, 3.05) is 26.7 Å². The second-order valence-corrected chi connectivity index (χ2v) is 5.87. The number of ether oxygens (including phenoxy) is 1. The molecule has 1 atom stereocenters. The van der Waals surface area contributed by atoms with Gasteiger partial charge in [0, 0.05) is 20.1 Å². The Hall–Kier alpha value is -1.92. The highest BCUT2D eigenvalue weighted by Gasteiger charge is 2.24. The molecule has 0 radical (unpaired) electrons. The number of nitrogens with zero attached hydrogens (tertiary/aromatic N) is 3. The Morgan fingerprint density at radius 2 is 2.27 bits per heavy atom. The Kier molecular flexibility index (Phi) is 4.13. The minimum atomic E-state index is -0.393. The third-order valence-corrected chi connectivity index (χ3v) is 4.17. The monoisotopic (exact) mass is 302 g/mol. The van der Waals surface area contributed by atoms with Gasteiger partial charge in [-0.05, 0) is 25.6 Å². The SMILES string of the molecule is Cc1cccc2nc(CNC(=O)[C@H]3CN(C)CCO3)n(C)c12. The molecule has 0 aliphatic carbocycles. The zero-order valence-corrected chi connectivity index (χ0v) is 13.3. The van der Waals surface area contributed by atoms with Crippen LogP contribution in [0.25, 0.3) is 11.0 Å². The lowest BCUT2D eigenvalue weighted by molar-refractivity contribution is -0.138. The van der Waals surface area contributed by atoms with Gasteiger partial charge in [0.2, 0.25) is 0 Å². The van der Waals surface area contributed by atoms with Crippen molar-refractivity contribution in [3.05, 3.63) is 29.6 Å². The smallest absolute Gasteiger partial charge is 0.250 e. The average Bonchev–Trinajstić information content (AvgIpc) is 2.82. The Balaban J connectivity index is 1.70. The van der Waals surface area contributed by atoms with Crippen molar-refractivity contribution in [3.8, 4) is 0 Å². The van der Waals surface area contributed by atoms with Gasteiger partial charge < -0.3 is 19.5 Å². The van der Waals surface area contributed by atoms with Crippen molar-refractivity contribution in [1.82, 2.24) is 19.8 Å².